The largest absolute Gasteiger partial charge is 0.447 e. The Hall–Kier alpha value is -2.28. The summed E-state index contributed by atoms with van der Waals surface area (Å²) in [6.45, 7) is 4.83. The molecule has 0 aliphatic carbocycles. The first-order valence-corrected chi connectivity index (χ1v) is 9.87. The summed E-state index contributed by atoms with van der Waals surface area (Å²) in [5.74, 6) is 0.736. The molecule has 0 bridgehead atoms. The number of aryl methyl sites for hydroxylation is 1. The molecule has 7 heteroatoms. The van der Waals surface area contributed by atoms with E-state index in [-0.39, 0.29) is 5.91 Å². The summed E-state index contributed by atoms with van der Waals surface area (Å²) in [5, 5.41) is 3.43. The summed E-state index contributed by atoms with van der Waals surface area (Å²) in [7, 11) is 0. The number of benzene rings is 1. The van der Waals surface area contributed by atoms with Crippen LogP contribution < -0.4 is 5.32 Å². The average molecular weight is 373 g/mol. The third-order valence-corrected chi connectivity index (χ3v) is 4.83. The van der Waals surface area contributed by atoms with Gasteiger partial charge in [-0.25, -0.2) is 9.97 Å². The summed E-state index contributed by atoms with van der Waals surface area (Å²) in [6, 6.07) is 5.84. The minimum absolute atomic E-state index is 0.195. The van der Waals surface area contributed by atoms with Crippen molar-refractivity contribution >= 4 is 28.8 Å². The molecule has 2 heterocycles. The van der Waals surface area contributed by atoms with Crippen molar-refractivity contribution in [3.8, 4) is 0 Å². The molecule has 1 amide bonds. The first-order valence-electron chi connectivity index (χ1n) is 8.89. The fraction of sp³-hybridized carbons (Fsp3) is 0.421. The number of rotatable bonds is 9. The molecule has 0 saturated heterocycles. The molecule has 0 aliphatic heterocycles. The van der Waals surface area contributed by atoms with Crippen LogP contribution in [0.15, 0.2) is 38.5 Å². The van der Waals surface area contributed by atoms with Crippen LogP contribution in [0, 0.1) is 6.92 Å². The van der Waals surface area contributed by atoms with Crippen molar-refractivity contribution in [3.63, 3.8) is 0 Å². The highest BCUT2D eigenvalue weighted by Gasteiger charge is 2.14. The summed E-state index contributed by atoms with van der Waals surface area (Å²) >= 11 is 1.39. The molecule has 1 aromatic carbocycles. The Bertz CT molecular complexity index is 872. The molecule has 0 unspecified atom stereocenters. The third-order valence-electron chi connectivity index (χ3n) is 4.02. The van der Waals surface area contributed by atoms with E-state index in [2.05, 4.69) is 22.2 Å². The molecular weight excluding hydrogens is 350 g/mol. The van der Waals surface area contributed by atoms with Gasteiger partial charge in [0.2, 0.25) is 5.89 Å². The fourth-order valence-electron chi connectivity index (χ4n) is 2.58. The topological polar surface area (TPSA) is 81.2 Å². The lowest BCUT2D eigenvalue weighted by Gasteiger charge is -2.01. The molecule has 3 aromatic rings. The van der Waals surface area contributed by atoms with Crippen LogP contribution in [0.1, 0.15) is 54.5 Å². The van der Waals surface area contributed by atoms with Gasteiger partial charge in [-0.1, -0.05) is 50.1 Å². The minimum Gasteiger partial charge on any atom is -0.447 e. The number of nitrogens with zero attached hydrogens (tertiary/aromatic N) is 2. The van der Waals surface area contributed by atoms with Crippen LogP contribution in [-0.2, 0) is 5.75 Å². The van der Waals surface area contributed by atoms with E-state index in [1.807, 2.05) is 25.1 Å². The van der Waals surface area contributed by atoms with Crippen LogP contribution in [0.25, 0.3) is 11.1 Å². The number of nitrogens with one attached hydrogen (secondary N) is 1. The average Bonchev–Trinajstić information content (AvgIpc) is 3.27. The van der Waals surface area contributed by atoms with Gasteiger partial charge in [-0.3, -0.25) is 4.79 Å². The zero-order valence-electron chi connectivity index (χ0n) is 15.1. The normalized spacial score (nSPS) is 11.2. The molecule has 0 radical (unpaired) electrons. The summed E-state index contributed by atoms with van der Waals surface area (Å²) in [5.41, 5.74) is 3.02. The van der Waals surface area contributed by atoms with Gasteiger partial charge >= 0.3 is 0 Å². The van der Waals surface area contributed by atoms with E-state index >= 15 is 0 Å². The van der Waals surface area contributed by atoms with Crippen LogP contribution >= 0.6 is 11.8 Å². The Morgan fingerprint density at radius 3 is 2.92 bits per heavy atom. The standard InChI is InChI=1S/C19H23N3O3S/c1-3-4-5-6-10-20-18(23)14-11-24-16(21-14)12-26-19-22-17-13(2)8-7-9-15(17)25-19/h7-9,11H,3-6,10,12H2,1-2H3,(H,20,23). The van der Waals surface area contributed by atoms with Gasteiger partial charge in [0.1, 0.15) is 11.8 Å². The number of oxazole rings is 2. The van der Waals surface area contributed by atoms with E-state index in [4.69, 9.17) is 8.83 Å². The summed E-state index contributed by atoms with van der Waals surface area (Å²) in [6.07, 6.45) is 5.88. The maximum absolute atomic E-state index is 12.0. The van der Waals surface area contributed by atoms with Crippen molar-refractivity contribution in [1.29, 1.82) is 0 Å². The number of hydrogen-bond acceptors (Lipinski definition) is 6. The van der Waals surface area contributed by atoms with Gasteiger partial charge in [0.25, 0.3) is 11.1 Å². The van der Waals surface area contributed by atoms with Gasteiger partial charge in [0.05, 0.1) is 5.75 Å². The molecule has 0 fully saturated rings. The maximum atomic E-state index is 12.0. The Balaban J connectivity index is 1.51. The number of fused-ring (bicyclic) bond motifs is 1. The van der Waals surface area contributed by atoms with E-state index in [0.29, 0.717) is 29.1 Å². The van der Waals surface area contributed by atoms with Crippen LogP contribution in [0.4, 0.5) is 0 Å². The first kappa shape index (κ1) is 18.5. The molecule has 0 aliphatic rings. The number of amides is 1. The zero-order chi connectivity index (χ0) is 18.4. The lowest BCUT2D eigenvalue weighted by Crippen LogP contribution is -2.24. The van der Waals surface area contributed by atoms with E-state index < -0.39 is 0 Å². The van der Waals surface area contributed by atoms with Crippen molar-refractivity contribution in [3.05, 3.63) is 41.6 Å². The number of para-hydroxylation sites is 1. The number of carbonyl (C=O) groups is 1. The number of unbranched alkanes of at least 4 members (excludes halogenated alkanes) is 3. The van der Waals surface area contributed by atoms with E-state index in [1.165, 1.54) is 30.9 Å². The van der Waals surface area contributed by atoms with Crippen LogP contribution in [0.3, 0.4) is 0 Å². The van der Waals surface area contributed by atoms with Crippen LogP contribution in [-0.4, -0.2) is 22.4 Å². The minimum atomic E-state index is -0.195. The van der Waals surface area contributed by atoms with E-state index in [1.54, 1.807) is 0 Å². The lowest BCUT2D eigenvalue weighted by molar-refractivity contribution is 0.0948. The molecule has 0 saturated carbocycles. The summed E-state index contributed by atoms with van der Waals surface area (Å²) < 4.78 is 11.1. The van der Waals surface area contributed by atoms with Gasteiger partial charge in [-0.15, -0.1) is 0 Å². The Labute approximate surface area is 156 Å². The number of carbonyl (C=O) groups excluding carboxylic acids is 1. The van der Waals surface area contributed by atoms with Crippen LogP contribution in [0.5, 0.6) is 0 Å². The molecular formula is C19H23N3O3S. The van der Waals surface area contributed by atoms with E-state index in [0.717, 1.165) is 29.5 Å². The van der Waals surface area contributed by atoms with Gasteiger partial charge in [0.15, 0.2) is 11.3 Å². The van der Waals surface area contributed by atoms with Gasteiger partial charge in [0, 0.05) is 6.54 Å². The molecule has 138 valence electrons. The van der Waals surface area contributed by atoms with Gasteiger partial charge in [-0.05, 0) is 25.0 Å². The molecule has 3 rings (SSSR count). The highest BCUT2D eigenvalue weighted by molar-refractivity contribution is 7.98. The second-order valence-corrected chi connectivity index (χ2v) is 7.06. The van der Waals surface area contributed by atoms with Crippen molar-refractivity contribution < 1.29 is 13.6 Å². The molecule has 6 nitrogen and oxygen atoms in total. The highest BCUT2D eigenvalue weighted by atomic mass is 32.2. The molecule has 0 atom stereocenters. The Kier molecular flexibility index (Phi) is 6.33. The molecule has 0 spiro atoms. The van der Waals surface area contributed by atoms with Gasteiger partial charge in [-0.2, -0.15) is 0 Å². The second-order valence-electron chi connectivity index (χ2n) is 6.13. The Morgan fingerprint density at radius 2 is 2.12 bits per heavy atom. The zero-order valence-corrected chi connectivity index (χ0v) is 15.9. The summed E-state index contributed by atoms with van der Waals surface area (Å²) in [4.78, 5) is 20.8. The van der Waals surface area contributed by atoms with Crippen molar-refractivity contribution in [2.75, 3.05) is 6.54 Å². The quantitative estimate of drug-likeness (QED) is 0.431. The predicted octanol–water partition coefficient (Wildman–Crippen LogP) is 4.73. The van der Waals surface area contributed by atoms with E-state index in [9.17, 15) is 4.79 Å². The fourth-order valence-corrected chi connectivity index (χ4v) is 3.26. The molecule has 2 aromatic heterocycles. The monoisotopic (exact) mass is 373 g/mol. The predicted molar refractivity (Wildman–Crippen MR) is 101 cm³/mol. The Morgan fingerprint density at radius 1 is 1.23 bits per heavy atom. The van der Waals surface area contributed by atoms with Crippen molar-refractivity contribution in [2.45, 2.75) is 50.5 Å². The lowest BCUT2D eigenvalue weighted by atomic mass is 10.2. The highest BCUT2D eigenvalue weighted by Crippen LogP contribution is 2.27. The van der Waals surface area contributed by atoms with Crippen molar-refractivity contribution in [1.82, 2.24) is 15.3 Å². The molecule has 1 N–H and O–H groups in total. The second kappa shape index (κ2) is 8.89. The SMILES string of the molecule is CCCCCCNC(=O)c1coc(CSc2nc3c(C)cccc3o2)n1. The number of hydrogen-bond donors (Lipinski definition) is 1. The third kappa shape index (κ3) is 4.66. The maximum Gasteiger partial charge on any atom is 0.273 e. The van der Waals surface area contributed by atoms with Crippen molar-refractivity contribution in [2.24, 2.45) is 0 Å². The smallest absolute Gasteiger partial charge is 0.273 e. The number of thioether (sulfide) groups is 1. The first-order chi connectivity index (χ1) is 12.7. The van der Waals surface area contributed by atoms with Crippen LogP contribution in [0.2, 0.25) is 0 Å². The van der Waals surface area contributed by atoms with Gasteiger partial charge < -0.3 is 14.2 Å². The number of aromatic nitrogens is 2. The molecule has 26 heavy (non-hydrogen) atoms.